The Balaban J connectivity index is 0.800. The van der Waals surface area contributed by atoms with E-state index in [9.17, 15) is 42.4 Å². The number of benzene rings is 3. The molecule has 0 spiro atoms. The van der Waals surface area contributed by atoms with Crippen molar-refractivity contribution in [2.24, 2.45) is 0 Å². The molecule has 0 saturated carbocycles. The Morgan fingerprint density at radius 2 is 1.71 bits per heavy atom. The van der Waals surface area contributed by atoms with Crippen molar-refractivity contribution in [2.75, 3.05) is 66.9 Å². The second kappa shape index (κ2) is 18.5. The highest BCUT2D eigenvalue weighted by atomic mass is 32.2. The van der Waals surface area contributed by atoms with Gasteiger partial charge in [-0.3, -0.25) is 33.8 Å². The largest absolute Gasteiger partial charge is 0.453 e. The Morgan fingerprint density at radius 1 is 0.926 bits per heavy atom. The van der Waals surface area contributed by atoms with Gasteiger partial charge in [-0.15, -0.1) is 0 Å². The molecule has 1 unspecified atom stereocenters. The van der Waals surface area contributed by atoms with Crippen LogP contribution in [-0.4, -0.2) is 119 Å². The van der Waals surface area contributed by atoms with Gasteiger partial charge in [0.25, 0.3) is 5.56 Å². The van der Waals surface area contributed by atoms with Crippen LogP contribution in [0.25, 0.3) is 16.6 Å². The number of nitriles is 1. The molecule has 0 bridgehead atoms. The highest BCUT2D eigenvalue weighted by Crippen LogP contribution is 2.36. The molecule has 3 amide bonds. The molecule has 2 aromatic heterocycles. The number of imide groups is 1. The summed E-state index contributed by atoms with van der Waals surface area (Å²) in [6.07, 6.45) is 2.45. The Bertz CT molecular complexity index is 3030. The van der Waals surface area contributed by atoms with E-state index in [0.29, 0.717) is 74.0 Å². The molecule has 0 aliphatic carbocycles. The topological polar surface area (TPSA) is 223 Å². The maximum absolute atomic E-state index is 15.3. The number of anilines is 3. The fourth-order valence-electron chi connectivity index (χ4n) is 9.06. The van der Waals surface area contributed by atoms with Crippen molar-refractivity contribution >= 4 is 56.0 Å². The van der Waals surface area contributed by atoms with E-state index in [-0.39, 0.29) is 73.8 Å². The molecule has 22 heteroatoms. The van der Waals surface area contributed by atoms with E-state index < -0.39 is 62.3 Å². The molecule has 9 rings (SSSR count). The van der Waals surface area contributed by atoms with Crippen molar-refractivity contribution < 1.29 is 45.8 Å². The molecule has 2 atom stereocenters. The number of rotatable bonds is 11. The Morgan fingerprint density at radius 3 is 2.38 bits per heavy atom. The summed E-state index contributed by atoms with van der Waals surface area (Å²) in [7, 11) is -4.27. The van der Waals surface area contributed by atoms with Crippen LogP contribution in [0.3, 0.4) is 0 Å². The highest BCUT2D eigenvalue weighted by molar-refractivity contribution is 7.90. The number of alkyl halides is 1. The monoisotopic (exact) mass is 954 g/mol. The number of aliphatic hydroxyl groups is 1. The predicted molar refractivity (Wildman–Crippen MR) is 241 cm³/mol. The minimum atomic E-state index is -4.27. The number of hydrogen-bond acceptors (Lipinski definition) is 13. The van der Waals surface area contributed by atoms with Crippen molar-refractivity contribution in [3.8, 4) is 23.3 Å². The van der Waals surface area contributed by atoms with Gasteiger partial charge >= 0.3 is 10.2 Å². The fourth-order valence-corrected chi connectivity index (χ4v) is 10.3. The fraction of sp³-hybridized carbons (Fsp3) is 0.370. The zero-order valence-corrected chi connectivity index (χ0v) is 37.2. The first-order valence-corrected chi connectivity index (χ1v) is 23.5. The van der Waals surface area contributed by atoms with Crippen LogP contribution in [0.2, 0.25) is 0 Å². The third kappa shape index (κ3) is 9.41. The maximum Gasteiger partial charge on any atom is 0.301 e. The second-order valence-electron chi connectivity index (χ2n) is 17.3. The number of carbonyl (C=O) groups is 3. The van der Waals surface area contributed by atoms with E-state index in [1.165, 1.54) is 41.4 Å². The lowest BCUT2D eigenvalue weighted by atomic mass is 9.87. The number of pyridine rings is 1. The van der Waals surface area contributed by atoms with Gasteiger partial charge in [-0.25, -0.2) is 23.1 Å². The zero-order chi connectivity index (χ0) is 47.9. The van der Waals surface area contributed by atoms with E-state index >= 15 is 8.78 Å². The minimum Gasteiger partial charge on any atom is -0.453 e. The lowest BCUT2D eigenvalue weighted by molar-refractivity contribution is -0.138. The minimum absolute atomic E-state index is 0.0221. The van der Waals surface area contributed by atoms with Gasteiger partial charge in [0.1, 0.15) is 41.5 Å². The van der Waals surface area contributed by atoms with Crippen LogP contribution in [0.15, 0.2) is 78.0 Å². The zero-order valence-electron chi connectivity index (χ0n) is 36.4. The number of nitrogens with one attached hydrogen (secondary N) is 2. The van der Waals surface area contributed by atoms with E-state index in [2.05, 4.69) is 20.0 Å². The Kier molecular flexibility index (Phi) is 12.5. The van der Waals surface area contributed by atoms with Gasteiger partial charge in [-0.1, -0.05) is 6.07 Å². The van der Waals surface area contributed by atoms with Gasteiger partial charge in [0.05, 0.1) is 52.1 Å². The molecule has 0 radical (unpaired) electrons. The molecule has 18 nitrogen and oxygen atoms in total. The first kappa shape index (κ1) is 46.0. The van der Waals surface area contributed by atoms with Gasteiger partial charge in [0, 0.05) is 58.8 Å². The maximum atomic E-state index is 15.3. The number of aromatic nitrogens is 3. The average molecular weight is 955 g/mol. The summed E-state index contributed by atoms with van der Waals surface area (Å²) in [5.41, 5.74) is -1.00. The Labute approximate surface area is 387 Å². The molecular formula is C46H45F3N10O8S. The van der Waals surface area contributed by atoms with Crippen LogP contribution >= 0.6 is 0 Å². The average Bonchev–Trinajstić information content (AvgIpc) is 3.78. The smallest absolute Gasteiger partial charge is 0.301 e. The van der Waals surface area contributed by atoms with Gasteiger partial charge in [-0.05, 0) is 85.8 Å². The van der Waals surface area contributed by atoms with E-state index in [1.54, 1.807) is 35.2 Å². The number of hydrogen-bond donors (Lipinski definition) is 3. The van der Waals surface area contributed by atoms with Crippen molar-refractivity contribution in [1.82, 2.24) is 29.1 Å². The number of carbonyl (C=O) groups excluding carboxylic acids is 3. The van der Waals surface area contributed by atoms with Crippen LogP contribution in [0.5, 0.6) is 11.5 Å². The third-order valence-electron chi connectivity index (χ3n) is 12.9. The molecule has 354 valence electrons. The van der Waals surface area contributed by atoms with E-state index in [1.807, 2.05) is 9.80 Å². The number of piperidine rings is 2. The van der Waals surface area contributed by atoms with Crippen LogP contribution < -0.4 is 30.1 Å². The molecule has 5 aromatic rings. The molecular weight excluding hydrogens is 910 g/mol. The van der Waals surface area contributed by atoms with Crippen LogP contribution in [-0.2, 0) is 24.6 Å². The molecule has 6 heterocycles. The third-order valence-corrected chi connectivity index (χ3v) is 14.4. The summed E-state index contributed by atoms with van der Waals surface area (Å²) in [4.78, 5) is 65.6. The van der Waals surface area contributed by atoms with E-state index in [4.69, 9.17) is 4.74 Å². The lowest BCUT2D eigenvalue weighted by Crippen LogP contribution is -2.52. The van der Waals surface area contributed by atoms with E-state index in [0.717, 1.165) is 16.4 Å². The number of fused-ring (bicyclic) bond motifs is 1. The summed E-state index contributed by atoms with van der Waals surface area (Å²) in [6.45, 7) is 1.91. The van der Waals surface area contributed by atoms with Gasteiger partial charge in [-0.2, -0.15) is 18.0 Å². The lowest BCUT2D eigenvalue weighted by Gasteiger charge is -2.41. The molecule has 4 fully saturated rings. The number of nitrogens with zero attached hydrogens (tertiary/aromatic N) is 8. The quantitative estimate of drug-likeness (QED) is 0.160. The number of piperazine rings is 1. The first-order chi connectivity index (χ1) is 32.6. The number of halogens is 3. The predicted octanol–water partition coefficient (Wildman–Crippen LogP) is 4.01. The van der Waals surface area contributed by atoms with Crippen LogP contribution in [0.4, 0.5) is 30.4 Å². The number of amides is 3. The summed E-state index contributed by atoms with van der Waals surface area (Å²) in [6, 6.07) is 16.0. The summed E-state index contributed by atoms with van der Waals surface area (Å²) >= 11 is 0. The molecule has 3 aromatic carbocycles. The molecule has 4 aliphatic rings. The van der Waals surface area contributed by atoms with Crippen molar-refractivity contribution in [1.29, 1.82) is 5.26 Å². The van der Waals surface area contributed by atoms with Crippen molar-refractivity contribution in [3.05, 3.63) is 106 Å². The molecule has 4 saturated heterocycles. The highest BCUT2D eigenvalue weighted by Gasteiger charge is 2.38. The summed E-state index contributed by atoms with van der Waals surface area (Å²) in [5.74, 6) is -3.08. The van der Waals surface area contributed by atoms with Gasteiger partial charge in [0.15, 0.2) is 11.6 Å². The molecule has 4 aliphatic heterocycles. The SMILES string of the molecule is N#Cc1c(NS(=O)(=O)N2CC[C@@H](F)C2)ccc(F)c1Oc1ccc2ncn(-c3ccc(N4CCN(C(=O)CC5(O)CCN(c6ccc(C7CCC(=O)NC7=O)cc6F)CC5)CC4)nc3)c(=O)c2c1. The summed E-state index contributed by atoms with van der Waals surface area (Å²) < 4.78 is 80.2. The van der Waals surface area contributed by atoms with Crippen LogP contribution in [0, 0.1) is 23.0 Å². The van der Waals surface area contributed by atoms with Crippen molar-refractivity contribution in [2.45, 2.75) is 56.2 Å². The second-order valence-corrected chi connectivity index (χ2v) is 19.0. The molecule has 3 N–H and O–H groups in total. The Hall–Kier alpha value is -7.09. The van der Waals surface area contributed by atoms with Crippen LogP contribution in [0.1, 0.15) is 55.6 Å². The van der Waals surface area contributed by atoms with Gasteiger partial charge < -0.3 is 24.5 Å². The van der Waals surface area contributed by atoms with Crippen molar-refractivity contribution in [3.63, 3.8) is 0 Å². The first-order valence-electron chi connectivity index (χ1n) is 22.0. The van der Waals surface area contributed by atoms with Gasteiger partial charge in [0.2, 0.25) is 17.7 Å². The summed E-state index contributed by atoms with van der Waals surface area (Å²) in [5, 5.41) is 23.8. The molecule has 68 heavy (non-hydrogen) atoms. The standard InChI is InChI=1S/C46H45F3N10O8S/c47-29-11-14-58(26-29)68(65,66)54-38-7-5-35(48)43(34(38)24-50)67-31-3-6-37-33(22-31)45(63)59(27-52-37)30-2-9-40(51-25-30)56-17-19-57(20-18-56)42(61)23-46(64)12-15-55(16-13-46)39-8-1-28(21-36(39)49)32-4-10-41(60)53-44(32)62/h1-3,5-9,21-22,25,27,29,32,54,64H,4,10-20,23,26H2,(H,53,60,62)/t29-,32?/m1/s1. The normalized spacial score (nSPS) is 20.0. The number of ether oxygens (including phenoxy) is 1.